The molecule has 0 aliphatic heterocycles. The second kappa shape index (κ2) is 5.87. The molecular weight excluding hydrogens is 194 g/mol. The minimum Gasteiger partial charge on any atom is -0.408 e. The number of hydrogen-bond acceptors (Lipinski definition) is 3. The third kappa shape index (κ3) is 3.47. The normalized spacial score (nSPS) is 11.4. The van der Waals surface area contributed by atoms with Gasteiger partial charge in [-0.15, -0.1) is 0 Å². The Labute approximate surface area is 88.4 Å². The summed E-state index contributed by atoms with van der Waals surface area (Å²) in [5.74, 6) is 0.00732. The highest BCUT2D eigenvalue weighted by Gasteiger charge is 2.07. The quantitative estimate of drug-likeness (QED) is 0.286. The summed E-state index contributed by atoms with van der Waals surface area (Å²) in [6.07, 6.45) is 0. The van der Waals surface area contributed by atoms with Crippen molar-refractivity contribution in [3.63, 3.8) is 0 Å². The van der Waals surface area contributed by atoms with Gasteiger partial charge < -0.3 is 20.9 Å². The fourth-order valence-corrected chi connectivity index (χ4v) is 1.26. The van der Waals surface area contributed by atoms with Gasteiger partial charge in [0.2, 0.25) is 5.96 Å². The molecule has 82 valence electrons. The smallest absolute Gasteiger partial charge is 0.233 e. The SMILES string of the molecule is NC(=NO)N(CCO)Cc1ccccc1. The Morgan fingerprint density at radius 1 is 1.33 bits per heavy atom. The Hall–Kier alpha value is -1.75. The maximum Gasteiger partial charge on any atom is 0.233 e. The van der Waals surface area contributed by atoms with Crippen LogP contribution in [0.4, 0.5) is 0 Å². The third-order valence-electron chi connectivity index (χ3n) is 2.01. The molecule has 4 N–H and O–H groups in total. The Morgan fingerprint density at radius 2 is 2.00 bits per heavy atom. The first-order valence-electron chi connectivity index (χ1n) is 4.65. The molecule has 0 saturated carbocycles. The molecule has 0 aliphatic carbocycles. The number of aliphatic hydroxyl groups is 1. The molecule has 0 bridgehead atoms. The average molecular weight is 209 g/mol. The molecule has 0 atom stereocenters. The van der Waals surface area contributed by atoms with Crippen LogP contribution in [0.5, 0.6) is 0 Å². The zero-order valence-corrected chi connectivity index (χ0v) is 8.37. The number of benzene rings is 1. The highest BCUT2D eigenvalue weighted by Crippen LogP contribution is 2.03. The Kier molecular flexibility index (Phi) is 4.43. The minimum absolute atomic E-state index is 0.00732. The molecule has 1 rings (SSSR count). The Bertz CT molecular complexity index is 314. The van der Waals surface area contributed by atoms with E-state index in [9.17, 15) is 0 Å². The van der Waals surface area contributed by atoms with Crippen LogP contribution in [-0.4, -0.2) is 34.3 Å². The van der Waals surface area contributed by atoms with Crippen molar-refractivity contribution in [2.45, 2.75) is 6.54 Å². The van der Waals surface area contributed by atoms with Crippen LogP contribution in [0.15, 0.2) is 35.5 Å². The van der Waals surface area contributed by atoms with Crippen LogP contribution in [0.1, 0.15) is 5.56 Å². The lowest BCUT2D eigenvalue weighted by Gasteiger charge is -2.21. The standard InChI is InChI=1S/C10H15N3O2/c11-10(12-15)13(6-7-14)8-9-4-2-1-3-5-9/h1-5,14-15H,6-8H2,(H2,11,12). The van der Waals surface area contributed by atoms with Gasteiger partial charge in [0.1, 0.15) is 0 Å². The van der Waals surface area contributed by atoms with Crippen molar-refractivity contribution in [2.75, 3.05) is 13.2 Å². The van der Waals surface area contributed by atoms with E-state index in [0.29, 0.717) is 13.1 Å². The monoisotopic (exact) mass is 209 g/mol. The predicted molar refractivity (Wildman–Crippen MR) is 57.3 cm³/mol. The largest absolute Gasteiger partial charge is 0.408 e. The number of aliphatic hydroxyl groups excluding tert-OH is 1. The van der Waals surface area contributed by atoms with Gasteiger partial charge in [0.05, 0.1) is 6.61 Å². The van der Waals surface area contributed by atoms with Gasteiger partial charge in [-0.3, -0.25) is 0 Å². The van der Waals surface area contributed by atoms with E-state index in [1.807, 2.05) is 30.3 Å². The summed E-state index contributed by atoms with van der Waals surface area (Å²) in [5, 5.41) is 20.3. The van der Waals surface area contributed by atoms with Crippen molar-refractivity contribution in [1.82, 2.24) is 4.90 Å². The highest BCUT2D eigenvalue weighted by molar-refractivity contribution is 5.77. The zero-order valence-electron chi connectivity index (χ0n) is 8.37. The van der Waals surface area contributed by atoms with E-state index in [-0.39, 0.29) is 12.6 Å². The molecule has 5 nitrogen and oxygen atoms in total. The van der Waals surface area contributed by atoms with Gasteiger partial charge in [0.25, 0.3) is 0 Å². The minimum atomic E-state index is -0.0386. The second-order valence-corrected chi connectivity index (χ2v) is 3.09. The lowest BCUT2D eigenvalue weighted by Crippen LogP contribution is -2.38. The number of oxime groups is 1. The number of guanidine groups is 1. The molecule has 15 heavy (non-hydrogen) atoms. The lowest BCUT2D eigenvalue weighted by molar-refractivity contribution is 0.236. The van der Waals surface area contributed by atoms with Gasteiger partial charge in [-0.2, -0.15) is 0 Å². The van der Waals surface area contributed by atoms with Crippen molar-refractivity contribution < 1.29 is 10.3 Å². The first-order chi connectivity index (χ1) is 7.27. The number of nitrogens with two attached hydrogens (primary N) is 1. The lowest BCUT2D eigenvalue weighted by atomic mass is 10.2. The molecule has 1 aromatic carbocycles. The van der Waals surface area contributed by atoms with E-state index >= 15 is 0 Å². The number of rotatable bonds is 4. The Morgan fingerprint density at radius 3 is 2.53 bits per heavy atom. The van der Waals surface area contributed by atoms with Gasteiger partial charge in [-0.1, -0.05) is 35.5 Å². The van der Waals surface area contributed by atoms with Crippen molar-refractivity contribution in [2.24, 2.45) is 10.9 Å². The van der Waals surface area contributed by atoms with Gasteiger partial charge in [-0.25, -0.2) is 0 Å². The van der Waals surface area contributed by atoms with Crippen LogP contribution in [0.25, 0.3) is 0 Å². The van der Waals surface area contributed by atoms with Gasteiger partial charge in [0, 0.05) is 13.1 Å². The topological polar surface area (TPSA) is 82.1 Å². The first kappa shape index (κ1) is 11.3. The summed E-state index contributed by atoms with van der Waals surface area (Å²) in [6.45, 7) is 0.811. The molecule has 0 radical (unpaired) electrons. The second-order valence-electron chi connectivity index (χ2n) is 3.09. The summed E-state index contributed by atoms with van der Waals surface area (Å²) in [6, 6.07) is 9.63. The fraction of sp³-hybridized carbons (Fsp3) is 0.300. The molecule has 0 spiro atoms. The first-order valence-corrected chi connectivity index (χ1v) is 4.65. The van der Waals surface area contributed by atoms with Crippen molar-refractivity contribution >= 4 is 5.96 Å². The zero-order chi connectivity index (χ0) is 11.1. The molecule has 0 fully saturated rings. The van der Waals surface area contributed by atoms with E-state index in [4.69, 9.17) is 16.0 Å². The molecule has 0 saturated heterocycles. The van der Waals surface area contributed by atoms with E-state index in [0.717, 1.165) is 5.56 Å². The number of nitrogens with zero attached hydrogens (tertiary/aromatic N) is 2. The maximum atomic E-state index is 8.83. The van der Waals surface area contributed by atoms with Crippen molar-refractivity contribution in [1.29, 1.82) is 0 Å². The van der Waals surface area contributed by atoms with Crippen LogP contribution in [0.3, 0.4) is 0 Å². The van der Waals surface area contributed by atoms with E-state index in [2.05, 4.69) is 5.16 Å². The maximum absolute atomic E-state index is 8.83. The molecule has 0 aromatic heterocycles. The summed E-state index contributed by atoms with van der Waals surface area (Å²) in [5.41, 5.74) is 6.51. The van der Waals surface area contributed by atoms with Crippen molar-refractivity contribution in [3.8, 4) is 0 Å². The average Bonchev–Trinajstić information content (AvgIpc) is 2.29. The third-order valence-corrected chi connectivity index (χ3v) is 2.01. The van der Waals surface area contributed by atoms with Crippen LogP contribution >= 0.6 is 0 Å². The molecule has 1 aromatic rings. The van der Waals surface area contributed by atoms with Gasteiger partial charge >= 0.3 is 0 Å². The van der Waals surface area contributed by atoms with E-state index < -0.39 is 0 Å². The summed E-state index contributed by atoms with van der Waals surface area (Å²) in [4.78, 5) is 1.59. The summed E-state index contributed by atoms with van der Waals surface area (Å²) < 4.78 is 0. The predicted octanol–water partition coefficient (Wildman–Crippen LogP) is 0.185. The van der Waals surface area contributed by atoms with Crippen molar-refractivity contribution in [3.05, 3.63) is 35.9 Å². The van der Waals surface area contributed by atoms with Crippen LogP contribution < -0.4 is 5.73 Å². The summed E-state index contributed by atoms with van der Waals surface area (Å²) >= 11 is 0. The molecular formula is C10H15N3O2. The van der Waals surface area contributed by atoms with E-state index in [1.165, 1.54) is 0 Å². The summed E-state index contributed by atoms with van der Waals surface area (Å²) in [7, 11) is 0. The Balaban J connectivity index is 2.67. The number of hydrogen-bond donors (Lipinski definition) is 3. The molecule has 0 unspecified atom stereocenters. The molecule has 0 aliphatic rings. The van der Waals surface area contributed by atoms with Crippen LogP contribution in [0, 0.1) is 0 Å². The highest BCUT2D eigenvalue weighted by atomic mass is 16.4. The van der Waals surface area contributed by atoms with E-state index in [1.54, 1.807) is 4.90 Å². The fourth-order valence-electron chi connectivity index (χ4n) is 1.26. The molecule has 0 amide bonds. The van der Waals surface area contributed by atoms with Crippen LogP contribution in [-0.2, 0) is 6.54 Å². The van der Waals surface area contributed by atoms with Crippen LogP contribution in [0.2, 0.25) is 0 Å². The van der Waals surface area contributed by atoms with Gasteiger partial charge in [-0.05, 0) is 5.56 Å². The molecule has 0 heterocycles. The molecule has 5 heteroatoms. The van der Waals surface area contributed by atoms with Gasteiger partial charge in [0.15, 0.2) is 0 Å².